The Bertz CT molecular complexity index is 375. The van der Waals surface area contributed by atoms with Crippen LogP contribution in [0.15, 0.2) is 18.2 Å². The van der Waals surface area contributed by atoms with Gasteiger partial charge >= 0.3 is 0 Å². The molecule has 0 amide bonds. The number of benzene rings is 1. The maximum atomic E-state index is 13.6. The molecule has 1 rings (SSSR count). The van der Waals surface area contributed by atoms with E-state index in [1.165, 1.54) is 25.3 Å². The molecule has 0 saturated heterocycles. The van der Waals surface area contributed by atoms with Crippen LogP contribution >= 0.6 is 0 Å². The molecule has 0 aromatic heterocycles. The molecule has 1 aromatic carbocycles. The summed E-state index contributed by atoms with van der Waals surface area (Å²) in [5, 5.41) is 3.18. The second-order valence-electron chi connectivity index (χ2n) is 5.71. The van der Waals surface area contributed by atoms with E-state index in [0.717, 1.165) is 13.0 Å². The lowest BCUT2D eigenvalue weighted by Gasteiger charge is -2.25. The van der Waals surface area contributed by atoms with E-state index in [4.69, 9.17) is 5.73 Å². The van der Waals surface area contributed by atoms with Crippen LogP contribution in [0.3, 0.4) is 0 Å². The number of nitrogen functional groups attached to an aromatic ring is 1. The molecule has 0 aliphatic rings. The molecule has 0 atom stereocenters. The van der Waals surface area contributed by atoms with Crippen molar-refractivity contribution >= 4 is 11.4 Å². The van der Waals surface area contributed by atoms with Crippen LogP contribution in [0.4, 0.5) is 15.8 Å². The summed E-state index contributed by atoms with van der Waals surface area (Å²) in [5.74, 6) is -0.278. The number of halogens is 1. The second-order valence-corrected chi connectivity index (χ2v) is 5.71. The van der Waals surface area contributed by atoms with Crippen molar-refractivity contribution in [2.45, 2.75) is 46.5 Å². The molecule has 102 valence electrons. The van der Waals surface area contributed by atoms with Crippen molar-refractivity contribution in [2.75, 3.05) is 17.6 Å². The van der Waals surface area contributed by atoms with Gasteiger partial charge in [-0.25, -0.2) is 4.39 Å². The molecule has 18 heavy (non-hydrogen) atoms. The molecular formula is C15H25FN2. The largest absolute Gasteiger partial charge is 0.399 e. The highest BCUT2D eigenvalue weighted by atomic mass is 19.1. The molecule has 0 heterocycles. The molecule has 0 radical (unpaired) electrons. The van der Waals surface area contributed by atoms with Gasteiger partial charge in [-0.1, -0.05) is 40.0 Å². The highest BCUT2D eigenvalue weighted by Crippen LogP contribution is 2.25. The predicted octanol–water partition coefficient (Wildman–Crippen LogP) is 4.43. The van der Waals surface area contributed by atoms with Crippen LogP contribution in [0.1, 0.15) is 46.5 Å². The topological polar surface area (TPSA) is 38.0 Å². The standard InChI is InChI=1S/C15H25FN2/c1-4-5-6-9-15(2,3)11-18-14-8-7-12(17)10-13(14)16/h7-8,10,18H,4-6,9,11,17H2,1-3H3. The van der Waals surface area contributed by atoms with Gasteiger partial charge in [-0.2, -0.15) is 0 Å². The van der Waals surface area contributed by atoms with Gasteiger partial charge in [0, 0.05) is 12.2 Å². The van der Waals surface area contributed by atoms with Gasteiger partial charge < -0.3 is 11.1 Å². The van der Waals surface area contributed by atoms with Gasteiger partial charge in [0.1, 0.15) is 5.82 Å². The Hall–Kier alpha value is -1.25. The maximum absolute atomic E-state index is 13.6. The minimum absolute atomic E-state index is 0.184. The molecule has 0 aliphatic heterocycles. The van der Waals surface area contributed by atoms with E-state index in [1.807, 2.05) is 0 Å². The van der Waals surface area contributed by atoms with Crippen LogP contribution in [0.5, 0.6) is 0 Å². The Morgan fingerprint density at radius 3 is 2.61 bits per heavy atom. The monoisotopic (exact) mass is 252 g/mol. The lowest BCUT2D eigenvalue weighted by Crippen LogP contribution is -2.23. The Morgan fingerprint density at radius 1 is 1.28 bits per heavy atom. The molecule has 0 unspecified atom stereocenters. The SMILES string of the molecule is CCCCCC(C)(C)CNc1ccc(N)cc1F. The van der Waals surface area contributed by atoms with Gasteiger partial charge in [0.05, 0.1) is 5.69 Å². The van der Waals surface area contributed by atoms with Gasteiger partial charge in [-0.3, -0.25) is 0 Å². The summed E-state index contributed by atoms with van der Waals surface area (Å²) in [4.78, 5) is 0. The first-order valence-corrected chi connectivity index (χ1v) is 6.73. The number of nitrogens with one attached hydrogen (secondary N) is 1. The molecule has 0 bridgehead atoms. The third-order valence-electron chi connectivity index (χ3n) is 3.21. The first-order valence-electron chi connectivity index (χ1n) is 6.73. The van der Waals surface area contributed by atoms with Gasteiger partial charge in [0.15, 0.2) is 0 Å². The summed E-state index contributed by atoms with van der Waals surface area (Å²) >= 11 is 0. The lowest BCUT2D eigenvalue weighted by atomic mass is 9.87. The average molecular weight is 252 g/mol. The highest BCUT2D eigenvalue weighted by molar-refractivity contribution is 5.52. The summed E-state index contributed by atoms with van der Waals surface area (Å²) in [6.45, 7) is 7.41. The maximum Gasteiger partial charge on any atom is 0.148 e. The quantitative estimate of drug-likeness (QED) is 0.556. The van der Waals surface area contributed by atoms with Crippen LogP contribution in [-0.4, -0.2) is 6.54 Å². The first kappa shape index (κ1) is 14.8. The number of unbranched alkanes of at least 4 members (excludes halogenated alkanes) is 2. The zero-order valence-electron chi connectivity index (χ0n) is 11.7. The fourth-order valence-corrected chi connectivity index (χ4v) is 1.95. The van der Waals surface area contributed by atoms with Crippen molar-refractivity contribution in [1.82, 2.24) is 0 Å². The summed E-state index contributed by atoms with van der Waals surface area (Å²) in [6, 6.07) is 4.77. The smallest absolute Gasteiger partial charge is 0.148 e. The normalized spacial score (nSPS) is 11.6. The number of hydrogen-bond donors (Lipinski definition) is 2. The highest BCUT2D eigenvalue weighted by Gasteiger charge is 2.17. The minimum atomic E-state index is -0.278. The summed E-state index contributed by atoms with van der Waals surface area (Å²) in [6.07, 6.45) is 4.88. The van der Waals surface area contributed by atoms with E-state index in [2.05, 4.69) is 26.1 Å². The summed E-state index contributed by atoms with van der Waals surface area (Å²) in [7, 11) is 0. The third-order valence-corrected chi connectivity index (χ3v) is 3.21. The summed E-state index contributed by atoms with van der Waals surface area (Å²) < 4.78 is 13.6. The molecule has 3 heteroatoms. The van der Waals surface area contributed by atoms with Crippen LogP contribution in [0.25, 0.3) is 0 Å². The van der Waals surface area contributed by atoms with Crippen molar-refractivity contribution in [3.05, 3.63) is 24.0 Å². The van der Waals surface area contributed by atoms with Gasteiger partial charge in [0.25, 0.3) is 0 Å². The number of nitrogens with two attached hydrogens (primary N) is 1. The molecule has 0 spiro atoms. The van der Waals surface area contributed by atoms with Gasteiger partial charge in [0.2, 0.25) is 0 Å². The van der Waals surface area contributed by atoms with Crippen molar-refractivity contribution in [1.29, 1.82) is 0 Å². The van der Waals surface area contributed by atoms with Crippen LogP contribution < -0.4 is 11.1 Å². The van der Waals surface area contributed by atoms with E-state index in [-0.39, 0.29) is 11.2 Å². The Morgan fingerprint density at radius 2 is 2.00 bits per heavy atom. The van der Waals surface area contributed by atoms with Gasteiger partial charge in [-0.05, 0) is 30.0 Å². The Balaban J connectivity index is 2.48. The first-order chi connectivity index (χ1) is 8.44. The fourth-order valence-electron chi connectivity index (χ4n) is 1.95. The fraction of sp³-hybridized carbons (Fsp3) is 0.600. The number of hydrogen-bond acceptors (Lipinski definition) is 2. The van der Waals surface area contributed by atoms with E-state index >= 15 is 0 Å². The van der Waals surface area contributed by atoms with E-state index < -0.39 is 0 Å². The molecule has 0 fully saturated rings. The molecule has 3 N–H and O–H groups in total. The molecule has 0 saturated carbocycles. The Kier molecular flexibility index (Phi) is 5.45. The van der Waals surface area contributed by atoms with Crippen LogP contribution in [0.2, 0.25) is 0 Å². The molecule has 1 aromatic rings. The van der Waals surface area contributed by atoms with E-state index in [1.54, 1.807) is 12.1 Å². The van der Waals surface area contributed by atoms with E-state index in [9.17, 15) is 4.39 Å². The van der Waals surface area contributed by atoms with Crippen LogP contribution in [-0.2, 0) is 0 Å². The molecular weight excluding hydrogens is 227 g/mol. The summed E-state index contributed by atoms with van der Waals surface area (Å²) in [5.41, 5.74) is 6.70. The van der Waals surface area contributed by atoms with E-state index in [0.29, 0.717) is 11.4 Å². The molecule has 2 nitrogen and oxygen atoms in total. The van der Waals surface area contributed by atoms with Crippen molar-refractivity contribution in [3.8, 4) is 0 Å². The average Bonchev–Trinajstić information content (AvgIpc) is 2.28. The zero-order valence-corrected chi connectivity index (χ0v) is 11.7. The van der Waals surface area contributed by atoms with Crippen LogP contribution in [0, 0.1) is 11.2 Å². The number of rotatable bonds is 7. The van der Waals surface area contributed by atoms with Crippen molar-refractivity contribution < 1.29 is 4.39 Å². The van der Waals surface area contributed by atoms with Crippen molar-refractivity contribution in [2.24, 2.45) is 5.41 Å². The van der Waals surface area contributed by atoms with Crippen molar-refractivity contribution in [3.63, 3.8) is 0 Å². The Labute approximate surface area is 110 Å². The molecule has 0 aliphatic carbocycles. The third kappa shape index (κ3) is 4.94. The lowest BCUT2D eigenvalue weighted by molar-refractivity contribution is 0.342. The second kappa shape index (κ2) is 6.62. The van der Waals surface area contributed by atoms with Gasteiger partial charge in [-0.15, -0.1) is 0 Å². The minimum Gasteiger partial charge on any atom is -0.399 e. The predicted molar refractivity (Wildman–Crippen MR) is 77.2 cm³/mol. The zero-order chi connectivity index (χ0) is 13.6. The number of anilines is 2.